The van der Waals surface area contributed by atoms with Gasteiger partial charge >= 0.3 is 5.97 Å². The number of esters is 1. The summed E-state index contributed by atoms with van der Waals surface area (Å²) < 4.78 is 31.2. The number of nitrogens with zero attached hydrogens (tertiary/aromatic N) is 1. The van der Waals surface area contributed by atoms with Crippen molar-refractivity contribution >= 4 is 54.2 Å². The second-order valence-electron chi connectivity index (χ2n) is 5.73. The van der Waals surface area contributed by atoms with E-state index in [0.717, 1.165) is 15.6 Å². The van der Waals surface area contributed by atoms with Gasteiger partial charge in [-0.25, -0.2) is 17.5 Å². The molecule has 0 spiro atoms. The van der Waals surface area contributed by atoms with E-state index in [2.05, 4.69) is 21.2 Å². The summed E-state index contributed by atoms with van der Waals surface area (Å²) in [7, 11) is -0.876. The topological polar surface area (TPSA) is 92.8 Å². The third-order valence-corrected chi connectivity index (χ3v) is 7.51. The van der Waals surface area contributed by atoms with E-state index >= 15 is 0 Å². The van der Waals surface area contributed by atoms with Gasteiger partial charge in [0.15, 0.2) is 0 Å². The number of thiophene rings is 1. The average molecular weight is 475 g/mol. The molecule has 1 N–H and O–H groups in total. The molecule has 27 heavy (non-hydrogen) atoms. The van der Waals surface area contributed by atoms with Crippen LogP contribution in [0.5, 0.6) is 0 Å². The molecule has 0 saturated heterocycles. The van der Waals surface area contributed by atoms with Crippen LogP contribution in [0.15, 0.2) is 33.6 Å². The molecule has 0 atom stereocenters. The van der Waals surface area contributed by atoms with Crippen LogP contribution in [0, 0.1) is 6.92 Å². The third-order valence-electron chi connectivity index (χ3n) is 3.57. The SMILES string of the molecule is CCOC(=O)c1sc(NC(=O)c2ccc(Br)c(S(=O)(=O)N(C)C)c2)cc1C. The number of carbonyl (C=O) groups is 2. The summed E-state index contributed by atoms with van der Waals surface area (Å²) in [6, 6.07) is 6.00. The molecular formula is C17H19BrN2O5S2. The number of sulfonamides is 1. The molecule has 7 nitrogen and oxygen atoms in total. The molecule has 0 aliphatic carbocycles. The van der Waals surface area contributed by atoms with E-state index < -0.39 is 21.9 Å². The molecule has 0 aliphatic rings. The Hall–Kier alpha value is -1.75. The lowest BCUT2D eigenvalue weighted by atomic mass is 10.2. The Kier molecular flexibility index (Phi) is 6.79. The van der Waals surface area contributed by atoms with Gasteiger partial charge in [0.1, 0.15) is 4.88 Å². The molecule has 0 unspecified atom stereocenters. The van der Waals surface area contributed by atoms with E-state index in [1.165, 1.54) is 32.3 Å². The highest BCUT2D eigenvalue weighted by atomic mass is 79.9. The number of anilines is 1. The molecule has 0 fully saturated rings. The zero-order valence-corrected chi connectivity index (χ0v) is 18.4. The van der Waals surface area contributed by atoms with Crippen molar-refractivity contribution in [1.82, 2.24) is 4.31 Å². The van der Waals surface area contributed by atoms with E-state index in [1.54, 1.807) is 19.9 Å². The maximum absolute atomic E-state index is 12.5. The van der Waals surface area contributed by atoms with Gasteiger partial charge in [-0.3, -0.25) is 4.79 Å². The van der Waals surface area contributed by atoms with Crippen LogP contribution in [0.25, 0.3) is 0 Å². The van der Waals surface area contributed by atoms with Crippen LogP contribution < -0.4 is 5.32 Å². The van der Waals surface area contributed by atoms with E-state index in [9.17, 15) is 18.0 Å². The molecule has 2 aromatic rings. The Balaban J connectivity index is 2.30. The van der Waals surface area contributed by atoms with Crippen LogP contribution >= 0.6 is 27.3 Å². The third kappa shape index (κ3) is 4.75. The number of hydrogen-bond acceptors (Lipinski definition) is 6. The summed E-state index contributed by atoms with van der Waals surface area (Å²) in [5, 5.41) is 3.16. The monoisotopic (exact) mass is 474 g/mol. The second kappa shape index (κ2) is 8.51. The lowest BCUT2D eigenvalue weighted by Gasteiger charge is -2.14. The fourth-order valence-electron chi connectivity index (χ4n) is 2.17. The van der Waals surface area contributed by atoms with Crippen LogP contribution in [-0.4, -0.2) is 45.3 Å². The highest BCUT2D eigenvalue weighted by Gasteiger charge is 2.23. The molecule has 146 valence electrons. The standard InChI is InChI=1S/C17H19BrN2O5S2/c1-5-25-17(22)15-10(2)8-14(26-15)19-16(21)11-6-7-12(18)13(9-11)27(23,24)20(3)4/h6-9H,5H2,1-4H3,(H,19,21). The Morgan fingerprint density at radius 2 is 1.93 bits per heavy atom. The fraction of sp³-hybridized carbons (Fsp3) is 0.294. The molecular weight excluding hydrogens is 456 g/mol. The zero-order chi connectivity index (χ0) is 20.4. The number of ether oxygens (including phenoxy) is 1. The molecule has 2 rings (SSSR count). The Morgan fingerprint density at radius 3 is 2.52 bits per heavy atom. The van der Waals surface area contributed by atoms with Crippen molar-refractivity contribution < 1.29 is 22.7 Å². The number of aryl methyl sites for hydroxylation is 1. The highest BCUT2D eigenvalue weighted by Crippen LogP contribution is 2.29. The van der Waals surface area contributed by atoms with Crippen LogP contribution in [0.3, 0.4) is 0 Å². The van der Waals surface area contributed by atoms with E-state index in [4.69, 9.17) is 4.74 Å². The summed E-state index contributed by atoms with van der Waals surface area (Å²) in [5.74, 6) is -0.919. The number of hydrogen-bond donors (Lipinski definition) is 1. The van der Waals surface area contributed by atoms with Gasteiger partial charge in [0.2, 0.25) is 10.0 Å². The molecule has 0 aliphatic heterocycles. The second-order valence-corrected chi connectivity index (χ2v) is 9.76. The Bertz CT molecular complexity index is 983. The van der Waals surface area contributed by atoms with Crippen molar-refractivity contribution in [3.8, 4) is 0 Å². The van der Waals surface area contributed by atoms with Crippen molar-refractivity contribution in [2.24, 2.45) is 0 Å². The Morgan fingerprint density at radius 1 is 1.26 bits per heavy atom. The van der Waals surface area contributed by atoms with Crippen molar-refractivity contribution in [3.05, 3.63) is 44.7 Å². The summed E-state index contributed by atoms with van der Waals surface area (Å²) in [6.07, 6.45) is 0. The van der Waals surface area contributed by atoms with Gasteiger partial charge in [-0.2, -0.15) is 0 Å². The van der Waals surface area contributed by atoms with Crippen molar-refractivity contribution in [3.63, 3.8) is 0 Å². The van der Waals surface area contributed by atoms with Crippen molar-refractivity contribution in [2.75, 3.05) is 26.0 Å². The number of rotatable bonds is 6. The van der Waals surface area contributed by atoms with E-state index in [1.807, 2.05) is 0 Å². The van der Waals surface area contributed by atoms with Crippen molar-refractivity contribution in [2.45, 2.75) is 18.7 Å². The van der Waals surface area contributed by atoms with Gasteiger partial charge in [-0.05, 0) is 59.6 Å². The number of carbonyl (C=O) groups excluding carboxylic acids is 2. The maximum Gasteiger partial charge on any atom is 0.348 e. The fourth-order valence-corrected chi connectivity index (χ4v) is 4.97. The summed E-state index contributed by atoms with van der Waals surface area (Å²) >= 11 is 4.31. The Labute approximate surface area is 170 Å². The lowest BCUT2D eigenvalue weighted by Crippen LogP contribution is -2.23. The quantitative estimate of drug-likeness (QED) is 0.646. The summed E-state index contributed by atoms with van der Waals surface area (Å²) in [5.41, 5.74) is 0.878. The minimum absolute atomic E-state index is 0.00489. The minimum atomic E-state index is -3.71. The van der Waals surface area contributed by atoms with E-state index in [0.29, 0.717) is 19.9 Å². The number of benzene rings is 1. The molecule has 1 heterocycles. The molecule has 0 radical (unpaired) electrons. The minimum Gasteiger partial charge on any atom is -0.462 e. The van der Waals surface area contributed by atoms with Gasteiger partial charge in [0.05, 0.1) is 16.5 Å². The normalized spacial score (nSPS) is 11.5. The van der Waals surface area contributed by atoms with Crippen LogP contribution in [0.1, 0.15) is 32.5 Å². The number of amides is 1. The largest absolute Gasteiger partial charge is 0.462 e. The highest BCUT2D eigenvalue weighted by molar-refractivity contribution is 9.10. The van der Waals surface area contributed by atoms with Gasteiger partial charge < -0.3 is 10.1 Å². The average Bonchev–Trinajstić information content (AvgIpc) is 2.95. The lowest BCUT2D eigenvalue weighted by molar-refractivity contribution is 0.0531. The van der Waals surface area contributed by atoms with Crippen molar-refractivity contribution in [1.29, 1.82) is 0 Å². The molecule has 1 aromatic heterocycles. The first-order valence-corrected chi connectivity index (χ1v) is 10.9. The van der Waals surface area contributed by atoms with Gasteiger partial charge in [0, 0.05) is 24.1 Å². The molecule has 10 heteroatoms. The predicted octanol–water partition coefficient (Wildman–Crippen LogP) is 3.50. The number of nitrogens with one attached hydrogen (secondary N) is 1. The maximum atomic E-state index is 12.5. The van der Waals surface area contributed by atoms with Gasteiger partial charge in [-0.15, -0.1) is 11.3 Å². The summed E-state index contributed by atoms with van der Waals surface area (Å²) in [4.78, 5) is 24.8. The first kappa shape index (κ1) is 21.5. The van der Waals surface area contributed by atoms with Gasteiger partial charge in [-0.1, -0.05) is 0 Å². The predicted molar refractivity (Wildman–Crippen MR) is 108 cm³/mol. The summed E-state index contributed by atoms with van der Waals surface area (Å²) in [6.45, 7) is 3.73. The number of halogens is 1. The first-order valence-electron chi connectivity index (χ1n) is 7.89. The van der Waals surface area contributed by atoms with Crippen LogP contribution in [0.4, 0.5) is 5.00 Å². The zero-order valence-electron chi connectivity index (χ0n) is 15.2. The van der Waals surface area contributed by atoms with Crippen LogP contribution in [-0.2, 0) is 14.8 Å². The molecule has 1 amide bonds. The van der Waals surface area contributed by atoms with Crippen LogP contribution in [0.2, 0.25) is 0 Å². The molecule has 1 aromatic carbocycles. The van der Waals surface area contributed by atoms with E-state index in [-0.39, 0.29) is 17.1 Å². The molecule has 0 bridgehead atoms. The first-order chi connectivity index (χ1) is 12.6. The smallest absolute Gasteiger partial charge is 0.348 e. The molecule has 0 saturated carbocycles. The van der Waals surface area contributed by atoms with Gasteiger partial charge in [0.25, 0.3) is 5.91 Å².